The third kappa shape index (κ3) is 5.97. The highest BCUT2D eigenvalue weighted by molar-refractivity contribution is 5.96. The molecule has 0 aliphatic rings. The molecule has 0 saturated carbocycles. The molecule has 28 heavy (non-hydrogen) atoms. The number of carbonyl (C=O) groups is 2. The van der Waals surface area contributed by atoms with E-state index in [9.17, 15) is 27.2 Å². The summed E-state index contributed by atoms with van der Waals surface area (Å²) < 4.78 is 57.4. The maximum absolute atomic E-state index is 13.5. The van der Waals surface area contributed by atoms with E-state index < -0.39 is 42.0 Å². The Morgan fingerprint density at radius 3 is 2.39 bits per heavy atom. The van der Waals surface area contributed by atoms with Gasteiger partial charge in [-0.05, 0) is 31.2 Å². The number of carbonyl (C=O) groups excluding carboxylic acids is 2. The molecule has 0 unspecified atom stereocenters. The van der Waals surface area contributed by atoms with Crippen molar-refractivity contribution in [1.82, 2.24) is 10.6 Å². The van der Waals surface area contributed by atoms with Gasteiger partial charge in [0.05, 0.1) is 23.7 Å². The second-order valence-corrected chi connectivity index (χ2v) is 5.94. The fraction of sp³-hybridized carbons (Fsp3) is 0.263. The third-order valence-corrected chi connectivity index (χ3v) is 3.62. The lowest BCUT2D eigenvalue weighted by atomic mass is 10.2. The van der Waals surface area contributed by atoms with Crippen molar-refractivity contribution in [1.29, 1.82) is 0 Å². The number of alkyl halides is 3. The number of hydrogen-bond acceptors (Lipinski definition) is 3. The summed E-state index contributed by atoms with van der Waals surface area (Å²) in [5.41, 5.74) is -1.11. The van der Waals surface area contributed by atoms with E-state index in [0.29, 0.717) is 0 Å². The van der Waals surface area contributed by atoms with Crippen molar-refractivity contribution >= 4 is 11.8 Å². The summed E-state index contributed by atoms with van der Waals surface area (Å²) in [6.07, 6.45) is -4.56. The number of amides is 2. The zero-order chi connectivity index (χ0) is 20.7. The van der Waals surface area contributed by atoms with Gasteiger partial charge in [0.2, 0.25) is 5.91 Å². The second kappa shape index (κ2) is 9.20. The van der Waals surface area contributed by atoms with Crippen molar-refractivity contribution in [2.45, 2.75) is 19.1 Å². The minimum atomic E-state index is -4.56. The maximum Gasteiger partial charge on any atom is 0.419 e. The van der Waals surface area contributed by atoms with Crippen molar-refractivity contribution < 1.29 is 31.9 Å². The molecular formula is C19H18F4N2O3. The van der Waals surface area contributed by atoms with E-state index in [1.807, 2.05) is 0 Å². The van der Waals surface area contributed by atoms with Crippen molar-refractivity contribution in [3.8, 4) is 5.75 Å². The minimum Gasteiger partial charge on any atom is -0.491 e. The fourth-order valence-corrected chi connectivity index (χ4v) is 2.31. The normalized spacial score (nSPS) is 12.2. The Hall–Kier alpha value is -3.10. The Bertz CT molecular complexity index is 840. The van der Waals surface area contributed by atoms with E-state index in [-0.39, 0.29) is 17.9 Å². The lowest BCUT2D eigenvalue weighted by molar-refractivity contribution is -0.139. The van der Waals surface area contributed by atoms with Crippen molar-refractivity contribution in [3.63, 3.8) is 0 Å². The predicted octanol–water partition coefficient (Wildman–Crippen LogP) is 3.16. The highest BCUT2D eigenvalue weighted by Crippen LogP contribution is 2.35. The van der Waals surface area contributed by atoms with Gasteiger partial charge in [0, 0.05) is 0 Å². The molecule has 1 atom stereocenters. The van der Waals surface area contributed by atoms with Gasteiger partial charge >= 0.3 is 6.18 Å². The number of ether oxygens (including phenoxy) is 1. The van der Waals surface area contributed by atoms with Gasteiger partial charge in [-0.1, -0.05) is 24.3 Å². The summed E-state index contributed by atoms with van der Waals surface area (Å²) >= 11 is 0. The highest BCUT2D eigenvalue weighted by Gasteiger charge is 2.34. The number of halogens is 4. The summed E-state index contributed by atoms with van der Waals surface area (Å²) in [4.78, 5) is 23.7. The van der Waals surface area contributed by atoms with Crippen molar-refractivity contribution in [2.24, 2.45) is 0 Å². The number of para-hydroxylation sites is 1. The number of hydrogen-bond donors (Lipinski definition) is 2. The zero-order valence-corrected chi connectivity index (χ0v) is 14.8. The summed E-state index contributed by atoms with van der Waals surface area (Å²) in [5, 5.41) is 4.74. The number of nitrogens with one attached hydrogen (secondary N) is 2. The van der Waals surface area contributed by atoms with Crippen LogP contribution in [0.1, 0.15) is 22.8 Å². The van der Waals surface area contributed by atoms with Crippen LogP contribution in [-0.4, -0.2) is 31.0 Å². The largest absolute Gasteiger partial charge is 0.491 e. The van der Waals surface area contributed by atoms with Gasteiger partial charge in [0.1, 0.15) is 18.2 Å². The zero-order valence-electron chi connectivity index (χ0n) is 14.8. The van der Waals surface area contributed by atoms with E-state index >= 15 is 0 Å². The molecule has 2 rings (SSSR count). The Morgan fingerprint density at radius 2 is 1.71 bits per heavy atom. The Morgan fingerprint density at radius 1 is 1.07 bits per heavy atom. The molecule has 5 nitrogen and oxygen atoms in total. The lowest BCUT2D eigenvalue weighted by Crippen LogP contribution is -2.43. The van der Waals surface area contributed by atoms with Gasteiger partial charge in [-0.15, -0.1) is 0 Å². The van der Waals surface area contributed by atoms with E-state index in [1.54, 1.807) is 0 Å². The van der Waals surface area contributed by atoms with Gasteiger partial charge in [-0.2, -0.15) is 13.2 Å². The highest BCUT2D eigenvalue weighted by atomic mass is 19.4. The predicted molar refractivity (Wildman–Crippen MR) is 93.3 cm³/mol. The van der Waals surface area contributed by atoms with Gasteiger partial charge < -0.3 is 15.4 Å². The molecule has 9 heteroatoms. The molecule has 2 aromatic carbocycles. The molecule has 0 spiro atoms. The average Bonchev–Trinajstić information content (AvgIpc) is 2.64. The fourth-order valence-electron chi connectivity index (χ4n) is 2.31. The van der Waals surface area contributed by atoms with Crippen molar-refractivity contribution in [2.75, 3.05) is 13.2 Å². The van der Waals surface area contributed by atoms with Crippen LogP contribution in [0.5, 0.6) is 5.75 Å². The maximum atomic E-state index is 13.5. The quantitative estimate of drug-likeness (QED) is 0.704. The van der Waals surface area contributed by atoms with Crippen LogP contribution in [-0.2, 0) is 11.0 Å². The molecule has 0 aliphatic heterocycles. The molecule has 0 heterocycles. The first kappa shape index (κ1) is 21.2. The summed E-state index contributed by atoms with van der Waals surface area (Å²) in [5.74, 6) is -2.41. The van der Waals surface area contributed by atoms with Crippen LogP contribution in [0.2, 0.25) is 0 Å². The van der Waals surface area contributed by atoms with E-state index in [2.05, 4.69) is 10.6 Å². The van der Waals surface area contributed by atoms with Crippen LogP contribution in [0.3, 0.4) is 0 Å². The second-order valence-electron chi connectivity index (χ2n) is 5.94. The molecule has 2 aromatic rings. The first-order valence-corrected chi connectivity index (χ1v) is 8.29. The van der Waals surface area contributed by atoms with Crippen LogP contribution < -0.4 is 15.4 Å². The van der Waals surface area contributed by atoms with Crippen LogP contribution in [0, 0.1) is 5.82 Å². The topological polar surface area (TPSA) is 67.4 Å². The molecule has 2 N–H and O–H groups in total. The SMILES string of the molecule is C[C@H](COc1ccccc1C(F)(F)F)NC(=O)CNC(=O)c1ccccc1F. The van der Waals surface area contributed by atoms with Gasteiger partial charge in [0.15, 0.2) is 0 Å². The van der Waals surface area contributed by atoms with E-state index in [4.69, 9.17) is 4.74 Å². The van der Waals surface area contributed by atoms with E-state index in [1.165, 1.54) is 43.3 Å². The molecule has 0 saturated heterocycles. The first-order valence-electron chi connectivity index (χ1n) is 8.29. The van der Waals surface area contributed by atoms with E-state index in [0.717, 1.165) is 12.1 Å². The minimum absolute atomic E-state index is 0.199. The molecule has 0 aromatic heterocycles. The molecule has 0 radical (unpaired) electrons. The molecular weight excluding hydrogens is 380 g/mol. The molecule has 0 bridgehead atoms. The third-order valence-electron chi connectivity index (χ3n) is 3.62. The molecule has 2 amide bonds. The van der Waals surface area contributed by atoms with Gasteiger partial charge in [-0.3, -0.25) is 9.59 Å². The molecule has 0 aliphatic carbocycles. The van der Waals surface area contributed by atoms with Crippen LogP contribution in [0.15, 0.2) is 48.5 Å². The average molecular weight is 398 g/mol. The number of rotatable bonds is 7. The summed E-state index contributed by atoms with van der Waals surface area (Å²) in [6, 6.07) is 9.42. The Balaban J connectivity index is 1.82. The monoisotopic (exact) mass is 398 g/mol. The van der Waals surface area contributed by atoms with Crippen LogP contribution in [0.4, 0.5) is 17.6 Å². The summed E-state index contributed by atoms with van der Waals surface area (Å²) in [6.45, 7) is 0.906. The Labute approximate surface area is 158 Å². The smallest absolute Gasteiger partial charge is 0.419 e. The van der Waals surface area contributed by atoms with Crippen LogP contribution in [0.25, 0.3) is 0 Å². The summed E-state index contributed by atoms with van der Waals surface area (Å²) in [7, 11) is 0. The van der Waals surface area contributed by atoms with Crippen molar-refractivity contribution in [3.05, 3.63) is 65.5 Å². The van der Waals surface area contributed by atoms with Crippen LogP contribution >= 0.6 is 0 Å². The van der Waals surface area contributed by atoms with Gasteiger partial charge in [0.25, 0.3) is 5.91 Å². The van der Waals surface area contributed by atoms with Gasteiger partial charge in [-0.25, -0.2) is 4.39 Å². The number of benzene rings is 2. The first-order chi connectivity index (χ1) is 13.2. The lowest BCUT2D eigenvalue weighted by Gasteiger charge is -2.18. The molecule has 150 valence electrons. The standard InChI is InChI=1S/C19H18F4N2O3/c1-12(11-28-16-9-5-3-7-14(16)19(21,22)23)25-17(26)10-24-18(27)13-6-2-4-8-15(13)20/h2-9,12H,10-11H2,1H3,(H,24,27)(H,25,26)/t12-/m1/s1. The molecule has 0 fully saturated rings. The Kier molecular flexibility index (Phi) is 6.97.